The molecule has 0 saturated carbocycles. The lowest BCUT2D eigenvalue weighted by molar-refractivity contribution is -0.00383. The van der Waals surface area contributed by atoms with Gasteiger partial charge in [-0.25, -0.2) is 4.79 Å². The number of amides is 1. The van der Waals surface area contributed by atoms with E-state index in [1.807, 2.05) is 20.8 Å². The van der Waals surface area contributed by atoms with Crippen molar-refractivity contribution in [1.29, 1.82) is 0 Å². The molecule has 1 aromatic heterocycles. The van der Waals surface area contributed by atoms with E-state index in [4.69, 9.17) is 4.74 Å². The van der Waals surface area contributed by atoms with Crippen molar-refractivity contribution in [3.63, 3.8) is 0 Å². The number of carbonyl (C=O) groups is 2. The van der Waals surface area contributed by atoms with E-state index in [-0.39, 0.29) is 11.9 Å². The fourth-order valence-corrected chi connectivity index (χ4v) is 2.07. The Bertz CT molecular complexity index is 510. The predicted octanol–water partition coefficient (Wildman–Crippen LogP) is 1.95. The first kappa shape index (κ1) is 14.6. The molecule has 0 N–H and O–H groups in total. The lowest BCUT2D eigenvalue weighted by atomic mass is 10.0. The SMILES string of the molecule is CC(=O)c1cnn(CC2CN(C(=O)OC(C)(C)C)C2)c1. The van der Waals surface area contributed by atoms with Crippen molar-refractivity contribution < 1.29 is 14.3 Å². The van der Waals surface area contributed by atoms with Crippen LogP contribution in [-0.4, -0.2) is 45.2 Å². The Hall–Kier alpha value is -1.85. The molecular formula is C14H21N3O3. The molecule has 1 aromatic rings. The zero-order chi connectivity index (χ0) is 14.9. The molecule has 20 heavy (non-hydrogen) atoms. The number of Topliss-reactive ketones (excluding diaryl/α,β-unsaturated/α-hetero) is 1. The minimum absolute atomic E-state index is 0.0141. The largest absolute Gasteiger partial charge is 0.444 e. The Morgan fingerprint density at radius 1 is 1.40 bits per heavy atom. The third kappa shape index (κ3) is 3.59. The number of rotatable bonds is 3. The number of ether oxygens (including phenoxy) is 1. The topological polar surface area (TPSA) is 64.4 Å². The summed E-state index contributed by atoms with van der Waals surface area (Å²) in [5, 5.41) is 4.15. The maximum atomic E-state index is 11.8. The highest BCUT2D eigenvalue weighted by molar-refractivity contribution is 5.93. The predicted molar refractivity (Wildman–Crippen MR) is 73.5 cm³/mol. The van der Waals surface area contributed by atoms with Gasteiger partial charge in [0.2, 0.25) is 0 Å². The van der Waals surface area contributed by atoms with Crippen LogP contribution in [0, 0.1) is 5.92 Å². The van der Waals surface area contributed by atoms with E-state index in [1.165, 1.54) is 6.92 Å². The smallest absolute Gasteiger partial charge is 0.410 e. The van der Waals surface area contributed by atoms with Gasteiger partial charge in [-0.3, -0.25) is 9.48 Å². The summed E-state index contributed by atoms with van der Waals surface area (Å²) in [6.07, 6.45) is 3.06. The number of ketones is 1. The lowest BCUT2D eigenvalue weighted by Crippen LogP contribution is -2.52. The molecule has 2 heterocycles. The lowest BCUT2D eigenvalue weighted by Gasteiger charge is -2.39. The maximum absolute atomic E-state index is 11.8. The highest BCUT2D eigenvalue weighted by Gasteiger charge is 2.33. The van der Waals surface area contributed by atoms with Gasteiger partial charge in [0.05, 0.1) is 11.8 Å². The highest BCUT2D eigenvalue weighted by atomic mass is 16.6. The standard InChI is InChI=1S/C14H21N3O3/c1-10(18)12-5-15-17(9-12)8-11-6-16(7-11)13(19)20-14(2,3)4/h5,9,11H,6-8H2,1-4H3. The van der Waals surface area contributed by atoms with E-state index in [9.17, 15) is 9.59 Å². The molecule has 0 radical (unpaired) electrons. The summed E-state index contributed by atoms with van der Waals surface area (Å²) >= 11 is 0. The number of nitrogens with zero attached hydrogens (tertiary/aromatic N) is 3. The number of aromatic nitrogens is 2. The fraction of sp³-hybridized carbons (Fsp3) is 0.643. The number of hydrogen-bond acceptors (Lipinski definition) is 4. The van der Waals surface area contributed by atoms with Crippen LogP contribution < -0.4 is 0 Å². The second-order valence-corrected chi connectivity index (χ2v) is 6.26. The zero-order valence-electron chi connectivity index (χ0n) is 12.4. The maximum Gasteiger partial charge on any atom is 0.410 e. The molecular weight excluding hydrogens is 258 g/mol. The van der Waals surface area contributed by atoms with Crippen LogP contribution in [0.4, 0.5) is 4.79 Å². The van der Waals surface area contributed by atoms with Crippen molar-refractivity contribution in [2.24, 2.45) is 5.92 Å². The Morgan fingerprint density at radius 3 is 2.55 bits per heavy atom. The van der Waals surface area contributed by atoms with E-state index in [0.717, 1.165) is 0 Å². The normalized spacial score (nSPS) is 15.9. The summed E-state index contributed by atoms with van der Waals surface area (Å²) in [6.45, 7) is 9.15. The third-order valence-electron chi connectivity index (χ3n) is 3.09. The van der Waals surface area contributed by atoms with Crippen molar-refractivity contribution in [3.05, 3.63) is 18.0 Å². The fourth-order valence-electron chi connectivity index (χ4n) is 2.07. The molecule has 1 amide bonds. The van der Waals surface area contributed by atoms with Crippen molar-refractivity contribution in [2.45, 2.75) is 39.8 Å². The molecule has 1 fully saturated rings. The molecule has 0 atom stereocenters. The first-order valence-electron chi connectivity index (χ1n) is 6.76. The minimum Gasteiger partial charge on any atom is -0.444 e. The molecule has 1 aliphatic heterocycles. The second-order valence-electron chi connectivity index (χ2n) is 6.26. The van der Waals surface area contributed by atoms with Gasteiger partial charge in [-0.15, -0.1) is 0 Å². The molecule has 2 rings (SSSR count). The molecule has 0 unspecified atom stereocenters. The number of hydrogen-bond donors (Lipinski definition) is 0. The Labute approximate surface area is 118 Å². The first-order valence-corrected chi connectivity index (χ1v) is 6.76. The minimum atomic E-state index is -0.458. The molecule has 6 nitrogen and oxygen atoms in total. The summed E-state index contributed by atoms with van der Waals surface area (Å²) in [7, 11) is 0. The van der Waals surface area contributed by atoms with Crippen LogP contribution in [0.25, 0.3) is 0 Å². The number of likely N-dealkylation sites (tertiary alicyclic amines) is 1. The summed E-state index contributed by atoms with van der Waals surface area (Å²) in [5.74, 6) is 0.377. The van der Waals surface area contributed by atoms with Crippen LogP contribution >= 0.6 is 0 Å². The Kier molecular flexibility index (Phi) is 3.83. The molecule has 0 bridgehead atoms. The van der Waals surface area contributed by atoms with Gasteiger partial charge in [0.1, 0.15) is 5.60 Å². The van der Waals surface area contributed by atoms with Gasteiger partial charge in [-0.05, 0) is 27.7 Å². The average Bonchev–Trinajstić information content (AvgIpc) is 2.68. The van der Waals surface area contributed by atoms with E-state index >= 15 is 0 Å². The molecule has 110 valence electrons. The monoisotopic (exact) mass is 279 g/mol. The Morgan fingerprint density at radius 2 is 2.05 bits per heavy atom. The van der Waals surface area contributed by atoms with Crippen LogP contribution in [0.5, 0.6) is 0 Å². The van der Waals surface area contributed by atoms with Crippen LogP contribution in [0.15, 0.2) is 12.4 Å². The average molecular weight is 279 g/mol. The molecule has 0 spiro atoms. The molecule has 0 aliphatic carbocycles. The first-order chi connectivity index (χ1) is 9.24. The second kappa shape index (κ2) is 5.26. The zero-order valence-corrected chi connectivity index (χ0v) is 12.4. The van der Waals surface area contributed by atoms with E-state index in [0.29, 0.717) is 31.1 Å². The summed E-state index contributed by atoms with van der Waals surface area (Å²) in [5.41, 5.74) is 0.161. The molecule has 6 heteroatoms. The van der Waals surface area contributed by atoms with E-state index in [1.54, 1.807) is 22.0 Å². The summed E-state index contributed by atoms with van der Waals surface area (Å²) in [4.78, 5) is 24.6. The van der Waals surface area contributed by atoms with Gasteiger partial charge in [0.25, 0.3) is 0 Å². The van der Waals surface area contributed by atoms with Crippen LogP contribution in [0.2, 0.25) is 0 Å². The van der Waals surface area contributed by atoms with Gasteiger partial charge in [0.15, 0.2) is 5.78 Å². The Balaban J connectivity index is 1.79. The van der Waals surface area contributed by atoms with Gasteiger partial charge >= 0.3 is 6.09 Å². The van der Waals surface area contributed by atoms with Crippen LogP contribution in [0.3, 0.4) is 0 Å². The van der Waals surface area contributed by atoms with Crippen LogP contribution in [-0.2, 0) is 11.3 Å². The summed E-state index contributed by atoms with van der Waals surface area (Å²) in [6, 6.07) is 0. The van der Waals surface area contributed by atoms with Gasteiger partial charge in [-0.2, -0.15) is 5.10 Å². The summed E-state index contributed by atoms with van der Waals surface area (Å²) < 4.78 is 7.05. The van der Waals surface area contributed by atoms with Crippen molar-refractivity contribution in [2.75, 3.05) is 13.1 Å². The van der Waals surface area contributed by atoms with Crippen molar-refractivity contribution in [1.82, 2.24) is 14.7 Å². The van der Waals surface area contributed by atoms with Crippen molar-refractivity contribution >= 4 is 11.9 Å². The number of carbonyl (C=O) groups excluding carboxylic acids is 2. The highest BCUT2D eigenvalue weighted by Crippen LogP contribution is 2.20. The van der Waals surface area contributed by atoms with E-state index in [2.05, 4.69) is 5.10 Å². The molecule has 1 aliphatic rings. The van der Waals surface area contributed by atoms with Crippen LogP contribution in [0.1, 0.15) is 38.1 Å². The molecule has 0 aromatic carbocycles. The van der Waals surface area contributed by atoms with Crippen molar-refractivity contribution in [3.8, 4) is 0 Å². The van der Waals surface area contributed by atoms with E-state index < -0.39 is 5.60 Å². The quantitative estimate of drug-likeness (QED) is 0.793. The third-order valence-corrected chi connectivity index (χ3v) is 3.09. The van der Waals surface area contributed by atoms with Gasteiger partial charge in [0, 0.05) is 31.7 Å². The molecule has 1 saturated heterocycles. The van der Waals surface area contributed by atoms with Gasteiger partial charge < -0.3 is 9.64 Å². The van der Waals surface area contributed by atoms with Gasteiger partial charge in [-0.1, -0.05) is 0 Å².